The summed E-state index contributed by atoms with van der Waals surface area (Å²) in [6, 6.07) is 18.1. The number of allylic oxidation sites excluding steroid dienone is 3. The Morgan fingerprint density at radius 3 is 2.88 bits per heavy atom. The monoisotopic (exact) mass is 425 g/mol. The minimum atomic E-state index is 0.103. The largest absolute Gasteiger partial charge is 0.489 e. The van der Waals surface area contributed by atoms with Gasteiger partial charge < -0.3 is 15.6 Å². The second kappa shape index (κ2) is 8.69. The molecule has 2 aromatic heterocycles. The molecular formula is C26H25N4O2+. The van der Waals surface area contributed by atoms with Crippen LogP contribution in [-0.2, 0) is 6.61 Å². The summed E-state index contributed by atoms with van der Waals surface area (Å²) >= 11 is 0. The normalized spacial score (nSPS) is 15.7. The van der Waals surface area contributed by atoms with Crippen molar-refractivity contribution in [1.82, 2.24) is 9.97 Å². The van der Waals surface area contributed by atoms with E-state index < -0.39 is 0 Å². The summed E-state index contributed by atoms with van der Waals surface area (Å²) < 4.78 is 8.07. The zero-order valence-corrected chi connectivity index (χ0v) is 17.6. The Hall–Kier alpha value is -3.90. The molecule has 2 heterocycles. The third kappa shape index (κ3) is 3.88. The van der Waals surface area contributed by atoms with Crippen LogP contribution >= 0.6 is 0 Å². The Labute approximate surface area is 186 Å². The lowest BCUT2D eigenvalue weighted by Gasteiger charge is -2.12. The summed E-state index contributed by atoms with van der Waals surface area (Å²) in [6.45, 7) is 0.621. The van der Waals surface area contributed by atoms with Crippen molar-refractivity contribution in [2.45, 2.75) is 13.0 Å². The second-order valence-electron chi connectivity index (χ2n) is 7.91. The number of benzene rings is 2. The van der Waals surface area contributed by atoms with Gasteiger partial charge in [0.2, 0.25) is 5.52 Å². The first kappa shape index (κ1) is 20.0. The first-order valence-corrected chi connectivity index (χ1v) is 10.7. The summed E-state index contributed by atoms with van der Waals surface area (Å²) in [4.78, 5) is 7.88. The minimum absolute atomic E-state index is 0.103. The number of aliphatic hydroxyl groups excluding tert-OH is 1. The molecule has 0 fully saturated rings. The van der Waals surface area contributed by atoms with Gasteiger partial charge in [0, 0.05) is 23.7 Å². The van der Waals surface area contributed by atoms with Gasteiger partial charge in [-0.05, 0) is 24.1 Å². The van der Waals surface area contributed by atoms with Crippen LogP contribution in [0, 0.1) is 5.92 Å². The van der Waals surface area contributed by atoms with Gasteiger partial charge >= 0.3 is 0 Å². The van der Waals surface area contributed by atoms with Crippen molar-refractivity contribution < 1.29 is 14.2 Å². The summed E-state index contributed by atoms with van der Waals surface area (Å²) in [5.41, 5.74) is 11.2. The Kier molecular flexibility index (Phi) is 5.44. The molecule has 0 saturated carbocycles. The lowest BCUT2D eigenvalue weighted by atomic mass is 9.94. The average Bonchev–Trinajstić information content (AvgIpc) is 3.25. The molecule has 2 aromatic carbocycles. The van der Waals surface area contributed by atoms with E-state index in [1.807, 2.05) is 77.3 Å². The molecule has 0 spiro atoms. The van der Waals surface area contributed by atoms with E-state index in [1.165, 1.54) is 0 Å². The fourth-order valence-corrected chi connectivity index (χ4v) is 4.09. The number of nitrogen functional groups attached to an aromatic ring is 1. The van der Waals surface area contributed by atoms with Gasteiger partial charge in [-0.3, -0.25) is 0 Å². The summed E-state index contributed by atoms with van der Waals surface area (Å²) in [7, 11) is 0. The van der Waals surface area contributed by atoms with E-state index >= 15 is 0 Å². The molecule has 6 nitrogen and oxygen atoms in total. The van der Waals surface area contributed by atoms with Crippen molar-refractivity contribution in [2.24, 2.45) is 5.92 Å². The highest BCUT2D eigenvalue weighted by Gasteiger charge is 2.27. The highest BCUT2D eigenvalue weighted by Crippen LogP contribution is 2.31. The van der Waals surface area contributed by atoms with Crippen molar-refractivity contribution in [3.05, 3.63) is 96.6 Å². The molecule has 1 aliphatic rings. The molecule has 6 heteroatoms. The zero-order chi connectivity index (χ0) is 21.9. The van der Waals surface area contributed by atoms with E-state index in [0.29, 0.717) is 12.4 Å². The van der Waals surface area contributed by atoms with Crippen molar-refractivity contribution in [3.8, 4) is 17.0 Å². The predicted molar refractivity (Wildman–Crippen MR) is 125 cm³/mol. The van der Waals surface area contributed by atoms with Crippen LogP contribution in [0.25, 0.3) is 22.3 Å². The van der Waals surface area contributed by atoms with E-state index in [1.54, 1.807) is 6.20 Å². The molecule has 160 valence electrons. The molecule has 4 aromatic rings. The van der Waals surface area contributed by atoms with Crippen molar-refractivity contribution in [1.29, 1.82) is 0 Å². The Morgan fingerprint density at radius 2 is 2.03 bits per heavy atom. The number of anilines is 1. The molecule has 4 N–H and O–H groups in total. The highest BCUT2D eigenvalue weighted by atomic mass is 16.5. The van der Waals surface area contributed by atoms with Crippen LogP contribution in [0.4, 0.5) is 5.82 Å². The fourth-order valence-electron chi connectivity index (χ4n) is 4.09. The van der Waals surface area contributed by atoms with Crippen LogP contribution in [0.5, 0.6) is 5.75 Å². The number of aromatic amines is 1. The minimum Gasteiger partial charge on any atom is -0.489 e. The van der Waals surface area contributed by atoms with E-state index in [2.05, 4.69) is 16.0 Å². The number of aliphatic hydroxyl groups is 1. The van der Waals surface area contributed by atoms with E-state index in [-0.39, 0.29) is 12.5 Å². The topological polar surface area (TPSA) is 88.3 Å². The summed E-state index contributed by atoms with van der Waals surface area (Å²) in [5.74, 6) is 2.27. The molecule has 32 heavy (non-hydrogen) atoms. The fraction of sp³-hybridized carbons (Fsp3) is 0.154. The first-order valence-electron chi connectivity index (χ1n) is 10.7. The van der Waals surface area contributed by atoms with Crippen LogP contribution in [0.3, 0.4) is 0 Å². The Bertz CT molecular complexity index is 1310. The van der Waals surface area contributed by atoms with Crippen LogP contribution < -0.4 is 14.9 Å². The highest BCUT2D eigenvalue weighted by molar-refractivity contribution is 5.83. The third-order valence-corrected chi connectivity index (χ3v) is 5.71. The van der Waals surface area contributed by atoms with E-state index in [4.69, 9.17) is 10.5 Å². The van der Waals surface area contributed by atoms with Gasteiger partial charge in [-0.1, -0.05) is 60.7 Å². The van der Waals surface area contributed by atoms with E-state index in [9.17, 15) is 5.11 Å². The number of hydrogen-bond acceptors (Lipinski definition) is 4. The predicted octanol–water partition coefficient (Wildman–Crippen LogP) is 3.93. The summed E-state index contributed by atoms with van der Waals surface area (Å²) in [6.07, 6.45) is 10.5. The number of nitrogens with one attached hydrogen (secondary N) is 1. The number of imidazole rings is 1. The number of nitrogens with zero attached hydrogens (tertiary/aromatic N) is 2. The quantitative estimate of drug-likeness (QED) is 0.409. The maximum atomic E-state index is 9.62. The van der Waals surface area contributed by atoms with Crippen LogP contribution in [0.15, 0.2) is 85.2 Å². The van der Waals surface area contributed by atoms with Crippen LogP contribution in [-0.4, -0.2) is 21.7 Å². The molecule has 0 radical (unpaired) electrons. The molecule has 1 unspecified atom stereocenters. The zero-order valence-electron chi connectivity index (χ0n) is 17.6. The second-order valence-corrected chi connectivity index (χ2v) is 7.91. The van der Waals surface area contributed by atoms with Gasteiger partial charge in [-0.25, -0.2) is 9.97 Å². The van der Waals surface area contributed by atoms with Gasteiger partial charge in [-0.15, -0.1) is 0 Å². The first-order chi connectivity index (χ1) is 15.7. The molecule has 0 aliphatic heterocycles. The molecule has 0 saturated heterocycles. The Morgan fingerprint density at radius 1 is 1.16 bits per heavy atom. The summed E-state index contributed by atoms with van der Waals surface area (Å²) in [5, 5.41) is 9.62. The maximum absolute atomic E-state index is 9.62. The van der Waals surface area contributed by atoms with Crippen LogP contribution in [0.1, 0.15) is 17.8 Å². The number of ether oxygens (including phenoxy) is 1. The molecular weight excluding hydrogens is 400 g/mol. The number of rotatable bonds is 6. The number of H-pyrrole nitrogens is 1. The molecule has 0 amide bonds. The lowest BCUT2D eigenvalue weighted by Crippen LogP contribution is -2.26. The van der Waals surface area contributed by atoms with Crippen molar-refractivity contribution in [2.75, 3.05) is 12.3 Å². The van der Waals surface area contributed by atoms with Crippen molar-refractivity contribution >= 4 is 16.9 Å². The van der Waals surface area contributed by atoms with Crippen molar-refractivity contribution in [3.63, 3.8) is 0 Å². The van der Waals surface area contributed by atoms with Gasteiger partial charge in [0.1, 0.15) is 18.6 Å². The Balaban J connectivity index is 1.53. The van der Waals surface area contributed by atoms with Gasteiger partial charge in [0.25, 0.3) is 5.82 Å². The SMILES string of the molecule is Nc1ncc[n+]2c(C3=CC=CC(CO)C3)[nH]c(-c3cccc(OCc4ccccc4)c3)c12. The average molecular weight is 426 g/mol. The third-order valence-electron chi connectivity index (χ3n) is 5.71. The molecule has 0 bridgehead atoms. The number of aromatic nitrogens is 3. The number of fused-ring (bicyclic) bond motifs is 1. The molecule has 1 aliphatic carbocycles. The molecule has 1 atom stereocenters. The number of nitrogens with two attached hydrogens (primary N) is 1. The lowest BCUT2D eigenvalue weighted by molar-refractivity contribution is -0.514. The molecule has 5 rings (SSSR count). The van der Waals surface area contributed by atoms with Gasteiger partial charge in [-0.2, -0.15) is 4.40 Å². The maximum Gasteiger partial charge on any atom is 0.288 e. The van der Waals surface area contributed by atoms with Gasteiger partial charge in [0.15, 0.2) is 11.5 Å². The standard InChI is InChI=1S/C26H24N4O2/c27-25-24-23(20-9-5-11-22(15-20)32-17-18-6-2-1-3-7-18)29-26(30(24)13-12-28-25)21-10-4-8-19(14-21)16-31/h1-13,15,19,31H,14,16-17H2,(H2,27,28)/p+1. The number of hydrogen-bond donors (Lipinski definition) is 3. The van der Waals surface area contributed by atoms with E-state index in [0.717, 1.165) is 45.9 Å². The van der Waals surface area contributed by atoms with Gasteiger partial charge in [0.05, 0.1) is 6.20 Å². The smallest absolute Gasteiger partial charge is 0.288 e. The van der Waals surface area contributed by atoms with Crippen LogP contribution in [0.2, 0.25) is 0 Å².